The van der Waals surface area contributed by atoms with Crippen LogP contribution in [0.2, 0.25) is 0 Å². The van der Waals surface area contributed by atoms with Crippen molar-refractivity contribution in [3.63, 3.8) is 0 Å². The molecule has 0 aliphatic rings. The fourth-order valence-electron chi connectivity index (χ4n) is 1.27. The lowest BCUT2D eigenvalue weighted by molar-refractivity contribution is -0.142. The van der Waals surface area contributed by atoms with Crippen LogP contribution < -0.4 is 10.6 Å². The summed E-state index contributed by atoms with van der Waals surface area (Å²) in [6.07, 6.45) is -3.51. The summed E-state index contributed by atoms with van der Waals surface area (Å²) >= 11 is 0. The van der Waals surface area contributed by atoms with Gasteiger partial charge in [0, 0.05) is 24.5 Å². The maximum Gasteiger partial charge on any atom is 0.433 e. The fraction of sp³-hybridized carbons (Fsp3) is 0.556. The normalized spacial score (nSPS) is 11.8. The third kappa shape index (κ3) is 3.14. The minimum Gasteiger partial charge on any atom is -0.308 e. The van der Waals surface area contributed by atoms with E-state index in [1.807, 2.05) is 0 Å². The molecule has 0 aliphatic carbocycles. The number of rotatable bonds is 4. The van der Waals surface area contributed by atoms with Gasteiger partial charge in [-0.05, 0) is 14.0 Å². The molecule has 0 fully saturated rings. The maximum absolute atomic E-state index is 12.6. The lowest BCUT2D eigenvalue weighted by Gasteiger charge is -2.13. The van der Waals surface area contributed by atoms with Gasteiger partial charge in [0.2, 0.25) is 0 Å². The predicted molar refractivity (Wildman–Crippen MR) is 52.5 cm³/mol. The molecule has 1 rings (SSSR count). The highest BCUT2D eigenvalue weighted by Crippen LogP contribution is 2.30. The number of hydrogen-bond acceptors (Lipinski definition) is 4. The largest absolute Gasteiger partial charge is 0.433 e. The number of hydrogen-bond donors (Lipinski definition) is 2. The highest BCUT2D eigenvalue weighted by atomic mass is 19.4. The molecule has 0 saturated carbocycles. The van der Waals surface area contributed by atoms with E-state index in [9.17, 15) is 13.2 Å². The summed E-state index contributed by atoms with van der Waals surface area (Å²) < 4.78 is 37.8. The quantitative estimate of drug-likeness (QED) is 0.604. The highest BCUT2D eigenvalue weighted by Gasteiger charge is 2.35. The Bertz CT molecular complexity index is 351. The molecular weight excluding hydrogens is 221 g/mol. The van der Waals surface area contributed by atoms with Gasteiger partial charge in [0.05, 0.1) is 0 Å². The second-order valence-electron chi connectivity index (χ2n) is 3.24. The van der Waals surface area contributed by atoms with E-state index in [4.69, 9.17) is 0 Å². The molecule has 90 valence electrons. The Kier molecular flexibility index (Phi) is 4.19. The number of aromatic nitrogens is 2. The van der Waals surface area contributed by atoms with Gasteiger partial charge in [0.25, 0.3) is 0 Å². The molecule has 1 heterocycles. The summed E-state index contributed by atoms with van der Waals surface area (Å²) in [6, 6.07) is 0. The average molecular weight is 234 g/mol. The van der Waals surface area contributed by atoms with Crippen molar-refractivity contribution in [1.29, 1.82) is 0 Å². The van der Waals surface area contributed by atoms with Crippen LogP contribution in [0.4, 0.5) is 13.2 Å². The molecule has 0 bridgehead atoms. The van der Waals surface area contributed by atoms with Crippen LogP contribution in [0.5, 0.6) is 0 Å². The van der Waals surface area contributed by atoms with Gasteiger partial charge in [-0.15, -0.1) is 0 Å². The van der Waals surface area contributed by atoms with Crippen LogP contribution in [-0.4, -0.2) is 23.7 Å². The smallest absolute Gasteiger partial charge is 0.308 e. The summed E-state index contributed by atoms with van der Waals surface area (Å²) in [5.41, 5.74) is -0.445. The van der Waals surface area contributed by atoms with E-state index in [2.05, 4.69) is 20.6 Å². The molecule has 0 spiro atoms. The zero-order valence-electron chi connectivity index (χ0n) is 9.02. The van der Waals surface area contributed by atoms with E-state index in [0.717, 1.165) is 6.33 Å². The molecule has 0 saturated heterocycles. The minimum atomic E-state index is -4.44. The Hall–Kier alpha value is -1.21. The van der Waals surface area contributed by atoms with Crippen molar-refractivity contribution in [3.8, 4) is 0 Å². The van der Waals surface area contributed by atoms with Crippen LogP contribution in [-0.2, 0) is 12.7 Å². The van der Waals surface area contributed by atoms with Gasteiger partial charge in [-0.1, -0.05) is 0 Å². The Balaban J connectivity index is 2.95. The zero-order valence-corrected chi connectivity index (χ0v) is 9.02. The molecule has 0 unspecified atom stereocenters. The molecule has 4 nitrogen and oxygen atoms in total. The molecule has 0 aromatic carbocycles. The van der Waals surface area contributed by atoms with Gasteiger partial charge in [0.1, 0.15) is 6.33 Å². The van der Waals surface area contributed by atoms with E-state index in [1.54, 1.807) is 7.05 Å². The van der Waals surface area contributed by atoms with Crippen molar-refractivity contribution in [3.05, 3.63) is 23.3 Å². The summed E-state index contributed by atoms with van der Waals surface area (Å²) in [5.74, 6) is 0. The summed E-state index contributed by atoms with van der Waals surface area (Å²) in [6.45, 7) is 2.04. The molecule has 1 aromatic heterocycles. The van der Waals surface area contributed by atoms with Crippen LogP contribution in [0.1, 0.15) is 17.0 Å². The molecule has 16 heavy (non-hydrogen) atoms. The van der Waals surface area contributed by atoms with E-state index in [1.165, 1.54) is 6.92 Å². The van der Waals surface area contributed by atoms with Gasteiger partial charge in [0.15, 0.2) is 5.69 Å². The van der Waals surface area contributed by atoms with Gasteiger partial charge in [-0.25, -0.2) is 9.97 Å². The first-order valence-corrected chi connectivity index (χ1v) is 4.69. The number of halogens is 3. The topological polar surface area (TPSA) is 49.8 Å². The summed E-state index contributed by atoms with van der Waals surface area (Å²) in [7, 11) is 1.70. The van der Waals surface area contributed by atoms with Crippen molar-refractivity contribution in [2.45, 2.75) is 19.6 Å². The Morgan fingerprint density at radius 1 is 1.31 bits per heavy atom. The van der Waals surface area contributed by atoms with E-state index in [-0.39, 0.29) is 12.1 Å². The lowest BCUT2D eigenvalue weighted by Crippen LogP contribution is -2.27. The third-order valence-corrected chi connectivity index (χ3v) is 2.03. The monoisotopic (exact) mass is 234 g/mol. The first kappa shape index (κ1) is 12.9. The van der Waals surface area contributed by atoms with Crippen molar-refractivity contribution in [2.75, 3.05) is 13.7 Å². The third-order valence-electron chi connectivity index (χ3n) is 2.03. The Morgan fingerprint density at radius 2 is 2.00 bits per heavy atom. The molecule has 0 radical (unpaired) electrons. The summed E-state index contributed by atoms with van der Waals surface area (Å²) in [4.78, 5) is 7.05. The van der Waals surface area contributed by atoms with Gasteiger partial charge in [-0.2, -0.15) is 13.2 Å². The second-order valence-corrected chi connectivity index (χ2v) is 3.24. The van der Waals surface area contributed by atoms with Crippen molar-refractivity contribution in [1.82, 2.24) is 20.6 Å². The Morgan fingerprint density at radius 3 is 2.56 bits per heavy atom. The molecular formula is C9H13F3N4. The highest BCUT2D eigenvalue weighted by molar-refractivity contribution is 5.25. The molecule has 0 aliphatic heterocycles. The SMILES string of the molecule is CNCNCc1c(C)ncnc1C(F)(F)F. The lowest BCUT2D eigenvalue weighted by atomic mass is 10.1. The minimum absolute atomic E-state index is 0.0857. The molecule has 1 aromatic rings. The van der Waals surface area contributed by atoms with Crippen molar-refractivity contribution in [2.24, 2.45) is 0 Å². The number of aryl methyl sites for hydroxylation is 1. The van der Waals surface area contributed by atoms with Crippen LogP contribution >= 0.6 is 0 Å². The average Bonchev–Trinajstić information content (AvgIpc) is 2.19. The molecule has 7 heteroatoms. The second kappa shape index (κ2) is 5.22. The van der Waals surface area contributed by atoms with Gasteiger partial charge in [-0.3, -0.25) is 0 Å². The van der Waals surface area contributed by atoms with Crippen LogP contribution in [0.15, 0.2) is 6.33 Å². The van der Waals surface area contributed by atoms with Crippen LogP contribution in [0.3, 0.4) is 0 Å². The molecule has 0 atom stereocenters. The van der Waals surface area contributed by atoms with E-state index >= 15 is 0 Å². The Labute approximate surface area is 91.3 Å². The maximum atomic E-state index is 12.6. The first-order valence-electron chi connectivity index (χ1n) is 4.69. The number of nitrogens with zero attached hydrogens (tertiary/aromatic N) is 2. The zero-order chi connectivity index (χ0) is 12.2. The van der Waals surface area contributed by atoms with Gasteiger partial charge >= 0.3 is 6.18 Å². The standard InChI is InChI=1S/C9H13F3N4/c1-6-7(3-14-4-13-2)8(9(10,11)12)16-5-15-6/h5,13-14H,3-4H2,1-2H3. The molecule has 2 N–H and O–H groups in total. The van der Waals surface area contributed by atoms with Crippen molar-refractivity contribution >= 4 is 0 Å². The van der Waals surface area contributed by atoms with E-state index in [0.29, 0.717) is 12.4 Å². The summed E-state index contributed by atoms with van der Waals surface area (Å²) in [5, 5.41) is 5.60. The first-order chi connectivity index (χ1) is 7.46. The number of alkyl halides is 3. The van der Waals surface area contributed by atoms with Crippen LogP contribution in [0, 0.1) is 6.92 Å². The van der Waals surface area contributed by atoms with Crippen LogP contribution in [0.25, 0.3) is 0 Å². The fourth-order valence-corrected chi connectivity index (χ4v) is 1.27. The predicted octanol–water partition coefficient (Wildman–Crippen LogP) is 1.07. The molecule has 0 amide bonds. The van der Waals surface area contributed by atoms with Crippen molar-refractivity contribution < 1.29 is 13.2 Å². The van der Waals surface area contributed by atoms with Gasteiger partial charge < -0.3 is 10.6 Å². The number of nitrogens with one attached hydrogen (secondary N) is 2. The van der Waals surface area contributed by atoms with E-state index < -0.39 is 11.9 Å².